The fourth-order valence-electron chi connectivity index (χ4n) is 2.94. The molecule has 174 valence electrons. The number of rotatable bonds is 5. The Labute approximate surface area is 202 Å². The highest BCUT2D eigenvalue weighted by atomic mass is 35.5. The molecule has 0 atom stereocenters. The van der Waals surface area contributed by atoms with E-state index in [9.17, 15) is 9.18 Å². The van der Waals surface area contributed by atoms with Crippen LogP contribution in [0, 0.1) is 5.82 Å². The Morgan fingerprint density at radius 2 is 2.09 bits per heavy atom. The summed E-state index contributed by atoms with van der Waals surface area (Å²) in [5.41, 5.74) is 2.56. The lowest BCUT2D eigenvalue weighted by atomic mass is 10.1. The van der Waals surface area contributed by atoms with Gasteiger partial charge in [0.25, 0.3) is 5.91 Å². The van der Waals surface area contributed by atoms with Crippen LogP contribution >= 0.6 is 23.5 Å². The molecular weight excluding hydrogens is 465 g/mol. The Kier molecular flexibility index (Phi) is 9.50. The molecule has 0 unspecified atom stereocenters. The molecule has 0 saturated carbocycles. The molecule has 1 aromatic heterocycles. The lowest BCUT2D eigenvalue weighted by Crippen LogP contribution is -2.26. The van der Waals surface area contributed by atoms with Gasteiger partial charge in [0.2, 0.25) is 0 Å². The summed E-state index contributed by atoms with van der Waals surface area (Å²) in [4.78, 5) is 16.9. The van der Waals surface area contributed by atoms with Gasteiger partial charge in [-0.25, -0.2) is 4.39 Å². The van der Waals surface area contributed by atoms with Crippen LogP contribution in [0.5, 0.6) is 0 Å². The molecule has 33 heavy (non-hydrogen) atoms. The van der Waals surface area contributed by atoms with Crippen LogP contribution in [0.4, 0.5) is 15.8 Å². The van der Waals surface area contributed by atoms with Crippen LogP contribution < -0.4 is 9.62 Å². The smallest absolute Gasteiger partial charge is 0.258 e. The van der Waals surface area contributed by atoms with E-state index in [1.54, 1.807) is 37.6 Å². The van der Waals surface area contributed by atoms with E-state index < -0.39 is 11.7 Å². The van der Waals surface area contributed by atoms with E-state index in [1.165, 1.54) is 24.1 Å². The van der Waals surface area contributed by atoms with Gasteiger partial charge in [0, 0.05) is 31.2 Å². The third-order valence-corrected chi connectivity index (χ3v) is 5.98. The SMILES string of the molecule is CCOC.O=C(Nc1ccc(Cl)c(-c2ccccn2)c1)c1ccc(N2CCOCS2)cc1F. The van der Waals surface area contributed by atoms with E-state index in [1.807, 2.05) is 29.4 Å². The summed E-state index contributed by atoms with van der Waals surface area (Å²) in [6.07, 6.45) is 1.67. The Balaban J connectivity index is 0.000000709. The number of carbonyl (C=O) groups excluding carboxylic acids is 1. The topological polar surface area (TPSA) is 63.7 Å². The number of hydrogen-bond acceptors (Lipinski definition) is 6. The lowest BCUT2D eigenvalue weighted by molar-refractivity contribution is 0.102. The van der Waals surface area contributed by atoms with E-state index in [2.05, 4.69) is 15.0 Å². The van der Waals surface area contributed by atoms with Gasteiger partial charge in [0.15, 0.2) is 0 Å². The summed E-state index contributed by atoms with van der Waals surface area (Å²) >= 11 is 7.74. The first-order chi connectivity index (χ1) is 16.0. The zero-order valence-electron chi connectivity index (χ0n) is 18.4. The summed E-state index contributed by atoms with van der Waals surface area (Å²) in [7, 11) is 1.68. The van der Waals surface area contributed by atoms with Crippen molar-refractivity contribution in [3.05, 3.63) is 77.2 Å². The van der Waals surface area contributed by atoms with Crippen LogP contribution in [-0.2, 0) is 9.47 Å². The second-order valence-electron chi connectivity index (χ2n) is 6.86. The molecule has 0 spiro atoms. The molecule has 2 aromatic carbocycles. The first-order valence-corrected chi connectivity index (χ1v) is 11.6. The molecule has 1 fully saturated rings. The Bertz CT molecular complexity index is 1060. The van der Waals surface area contributed by atoms with E-state index in [0.717, 1.165) is 6.61 Å². The molecule has 1 amide bonds. The van der Waals surface area contributed by atoms with Crippen LogP contribution in [0.1, 0.15) is 17.3 Å². The summed E-state index contributed by atoms with van der Waals surface area (Å²) in [6, 6.07) is 15.2. The number of methoxy groups -OCH3 is 1. The van der Waals surface area contributed by atoms with Crippen molar-refractivity contribution < 1.29 is 18.7 Å². The zero-order valence-corrected chi connectivity index (χ0v) is 20.0. The summed E-state index contributed by atoms with van der Waals surface area (Å²) in [5.74, 6) is -0.581. The van der Waals surface area contributed by atoms with Crippen molar-refractivity contribution in [1.29, 1.82) is 0 Å². The van der Waals surface area contributed by atoms with E-state index in [0.29, 0.717) is 46.7 Å². The van der Waals surface area contributed by atoms with Gasteiger partial charge in [-0.05, 0) is 67.4 Å². The average Bonchev–Trinajstić information content (AvgIpc) is 2.86. The van der Waals surface area contributed by atoms with E-state index >= 15 is 0 Å². The van der Waals surface area contributed by atoms with Crippen molar-refractivity contribution in [2.75, 3.05) is 42.4 Å². The number of pyridine rings is 1. The minimum Gasteiger partial charge on any atom is -0.385 e. The number of halogens is 2. The molecular formula is C24H25ClFN3O3S. The van der Waals surface area contributed by atoms with Crippen molar-refractivity contribution in [3.8, 4) is 11.3 Å². The minimum absolute atomic E-state index is 0.0265. The molecule has 9 heteroatoms. The molecule has 4 rings (SSSR count). The first kappa shape index (κ1) is 25.0. The fraction of sp³-hybridized carbons (Fsp3) is 0.250. The number of benzene rings is 2. The second-order valence-corrected chi connectivity index (χ2v) is 8.20. The number of hydrogen-bond donors (Lipinski definition) is 1. The Morgan fingerprint density at radius 1 is 1.27 bits per heavy atom. The Morgan fingerprint density at radius 3 is 2.73 bits per heavy atom. The quantitative estimate of drug-likeness (QED) is 0.451. The molecule has 0 bridgehead atoms. The van der Waals surface area contributed by atoms with Gasteiger partial charge >= 0.3 is 0 Å². The minimum atomic E-state index is -0.578. The average molecular weight is 490 g/mol. The van der Waals surface area contributed by atoms with Gasteiger partial charge in [0.05, 0.1) is 35.1 Å². The van der Waals surface area contributed by atoms with Crippen molar-refractivity contribution in [3.63, 3.8) is 0 Å². The monoisotopic (exact) mass is 489 g/mol. The van der Waals surface area contributed by atoms with E-state index in [4.69, 9.17) is 16.3 Å². The Hall–Kier alpha value is -2.65. The molecule has 6 nitrogen and oxygen atoms in total. The molecule has 1 aliphatic heterocycles. The number of amides is 1. The number of anilines is 2. The normalized spacial score (nSPS) is 13.2. The third-order valence-electron chi connectivity index (χ3n) is 4.67. The summed E-state index contributed by atoms with van der Waals surface area (Å²) in [6.45, 7) is 4.03. The van der Waals surface area contributed by atoms with Crippen molar-refractivity contribution in [1.82, 2.24) is 4.98 Å². The van der Waals surface area contributed by atoms with Gasteiger partial charge in [-0.15, -0.1) is 0 Å². The zero-order chi connectivity index (χ0) is 23.6. The van der Waals surface area contributed by atoms with Gasteiger partial charge in [-0.1, -0.05) is 17.7 Å². The van der Waals surface area contributed by atoms with Gasteiger partial charge < -0.3 is 19.1 Å². The first-order valence-electron chi connectivity index (χ1n) is 10.3. The maximum Gasteiger partial charge on any atom is 0.258 e. The lowest BCUT2D eigenvalue weighted by Gasteiger charge is -2.27. The number of ether oxygens (including phenoxy) is 2. The molecule has 1 aliphatic rings. The molecule has 0 aliphatic carbocycles. The molecule has 1 saturated heterocycles. The highest BCUT2D eigenvalue weighted by Crippen LogP contribution is 2.30. The predicted octanol–water partition coefficient (Wildman–Crippen LogP) is 5.89. The standard InChI is InChI=1S/C21H17ClFN3O2S.C3H8O/c22-18-7-4-14(11-17(18)20-3-1-2-8-24-20)25-21(27)16-6-5-15(12-19(16)23)26-9-10-28-13-29-26;1-3-4-2/h1-8,11-12H,9-10,13H2,(H,25,27);3H2,1-2H3. The summed E-state index contributed by atoms with van der Waals surface area (Å²) < 4.78 is 26.4. The van der Waals surface area contributed by atoms with Crippen molar-refractivity contribution in [2.45, 2.75) is 6.92 Å². The van der Waals surface area contributed by atoms with Gasteiger partial charge in [-0.3, -0.25) is 9.78 Å². The second kappa shape index (κ2) is 12.6. The van der Waals surface area contributed by atoms with Crippen molar-refractivity contribution >= 4 is 40.8 Å². The van der Waals surface area contributed by atoms with Crippen LogP contribution in [0.3, 0.4) is 0 Å². The molecule has 0 radical (unpaired) electrons. The number of aromatic nitrogens is 1. The summed E-state index contributed by atoms with van der Waals surface area (Å²) in [5, 5.41) is 3.25. The van der Waals surface area contributed by atoms with Crippen LogP contribution in [-0.4, -0.2) is 43.7 Å². The van der Waals surface area contributed by atoms with Gasteiger partial charge in [-0.2, -0.15) is 0 Å². The van der Waals surface area contributed by atoms with Gasteiger partial charge in [0.1, 0.15) is 11.8 Å². The highest BCUT2D eigenvalue weighted by molar-refractivity contribution is 8.00. The number of nitrogens with zero attached hydrogens (tertiary/aromatic N) is 2. The maximum absolute atomic E-state index is 14.6. The number of nitrogens with one attached hydrogen (secondary N) is 1. The van der Waals surface area contributed by atoms with Crippen molar-refractivity contribution in [2.24, 2.45) is 0 Å². The maximum atomic E-state index is 14.6. The largest absolute Gasteiger partial charge is 0.385 e. The highest BCUT2D eigenvalue weighted by Gasteiger charge is 2.18. The third kappa shape index (κ3) is 6.91. The fourth-order valence-corrected chi connectivity index (χ4v) is 3.94. The molecule has 1 N–H and O–H groups in total. The number of carbonyl (C=O) groups is 1. The van der Waals surface area contributed by atoms with Crippen LogP contribution in [0.15, 0.2) is 60.8 Å². The van der Waals surface area contributed by atoms with Crippen LogP contribution in [0.2, 0.25) is 5.02 Å². The molecule has 3 aromatic rings. The molecule has 2 heterocycles. The van der Waals surface area contributed by atoms with E-state index in [-0.39, 0.29) is 5.56 Å². The van der Waals surface area contributed by atoms with Crippen LogP contribution in [0.25, 0.3) is 11.3 Å². The predicted molar refractivity (Wildman–Crippen MR) is 132 cm³/mol.